The van der Waals surface area contributed by atoms with E-state index >= 15 is 0 Å². The first-order chi connectivity index (χ1) is 9.48. The topological polar surface area (TPSA) is 62.2 Å². The minimum atomic E-state index is -0.165. The average Bonchev–Trinajstić information content (AvgIpc) is 2.46. The quantitative estimate of drug-likeness (QED) is 0.807. The van der Waals surface area contributed by atoms with Crippen molar-refractivity contribution in [3.8, 4) is 11.8 Å². The second-order valence-electron chi connectivity index (χ2n) is 5.41. The van der Waals surface area contributed by atoms with Crippen LogP contribution in [0.25, 0.3) is 0 Å². The van der Waals surface area contributed by atoms with Gasteiger partial charge >= 0.3 is 0 Å². The number of hydrogen-bond acceptors (Lipinski definition) is 3. The van der Waals surface area contributed by atoms with Crippen LogP contribution in [-0.4, -0.2) is 29.1 Å². The Balaban J connectivity index is 2.60. The number of rotatable bonds is 5. The van der Waals surface area contributed by atoms with Crippen LogP contribution in [0.1, 0.15) is 49.7 Å². The van der Waals surface area contributed by atoms with Gasteiger partial charge in [-0.1, -0.05) is 32.6 Å². The summed E-state index contributed by atoms with van der Waals surface area (Å²) in [6, 6.07) is 3.43. The zero-order valence-corrected chi connectivity index (χ0v) is 12.4. The van der Waals surface area contributed by atoms with Gasteiger partial charge in [0.25, 0.3) is 5.91 Å². The van der Waals surface area contributed by atoms with Crippen LogP contribution in [0, 0.1) is 17.3 Å². The molecule has 0 bridgehead atoms. The van der Waals surface area contributed by atoms with Gasteiger partial charge in [-0.2, -0.15) is 0 Å². The molecule has 0 aliphatic heterocycles. The van der Waals surface area contributed by atoms with Gasteiger partial charge in [-0.3, -0.25) is 4.79 Å². The molecule has 1 amide bonds. The molecule has 108 valence electrons. The first kappa shape index (κ1) is 16.2. The predicted octanol–water partition coefficient (Wildman–Crippen LogP) is 1.98. The summed E-state index contributed by atoms with van der Waals surface area (Å²) in [5.74, 6) is 5.52. The number of aromatic nitrogens is 1. The Hall–Kier alpha value is -1.86. The molecule has 0 atom stereocenters. The first-order valence-electron chi connectivity index (χ1n) is 6.82. The van der Waals surface area contributed by atoms with Crippen LogP contribution in [0.5, 0.6) is 0 Å². The largest absolute Gasteiger partial charge is 0.395 e. The van der Waals surface area contributed by atoms with Crippen LogP contribution >= 0.6 is 0 Å². The van der Waals surface area contributed by atoms with E-state index in [-0.39, 0.29) is 17.9 Å². The number of nitrogens with one attached hydrogen (secondary N) is 1. The second kappa shape index (κ2) is 7.66. The number of carbonyl (C=O) groups excluding carboxylic acids is 1. The zero-order chi connectivity index (χ0) is 15.0. The van der Waals surface area contributed by atoms with E-state index in [0.29, 0.717) is 18.7 Å². The van der Waals surface area contributed by atoms with Gasteiger partial charge in [-0.15, -0.1) is 0 Å². The Labute approximate surface area is 120 Å². The molecule has 0 aromatic carbocycles. The first-order valence-corrected chi connectivity index (χ1v) is 6.82. The van der Waals surface area contributed by atoms with Crippen molar-refractivity contribution in [3.05, 3.63) is 29.6 Å². The van der Waals surface area contributed by atoms with Crippen LogP contribution in [0.3, 0.4) is 0 Å². The van der Waals surface area contributed by atoms with Crippen molar-refractivity contribution in [1.82, 2.24) is 10.3 Å². The van der Waals surface area contributed by atoms with Crippen molar-refractivity contribution >= 4 is 5.91 Å². The number of nitrogens with zero attached hydrogens (tertiary/aromatic N) is 1. The molecule has 0 unspecified atom stereocenters. The maximum atomic E-state index is 11.9. The third-order valence-corrected chi connectivity index (χ3v) is 3.15. The number of pyridine rings is 1. The third kappa shape index (κ3) is 5.41. The van der Waals surface area contributed by atoms with Gasteiger partial charge in [-0.05, 0) is 24.0 Å². The number of aliphatic hydroxyl groups is 1. The highest BCUT2D eigenvalue weighted by Gasteiger charge is 2.17. The molecule has 2 N–H and O–H groups in total. The minimum Gasteiger partial charge on any atom is -0.395 e. The Morgan fingerprint density at radius 1 is 1.45 bits per heavy atom. The highest BCUT2D eigenvalue weighted by Crippen LogP contribution is 2.17. The van der Waals surface area contributed by atoms with Crippen molar-refractivity contribution < 1.29 is 9.90 Å². The number of hydrogen-bond donors (Lipinski definition) is 2. The molecule has 4 heteroatoms. The smallest absolute Gasteiger partial charge is 0.269 e. The molecular formula is C16H22N2O2. The van der Waals surface area contributed by atoms with Crippen LogP contribution in [0.2, 0.25) is 0 Å². The van der Waals surface area contributed by atoms with Gasteiger partial charge in [-0.25, -0.2) is 4.98 Å². The van der Waals surface area contributed by atoms with Gasteiger partial charge in [0.15, 0.2) is 0 Å². The van der Waals surface area contributed by atoms with Gasteiger partial charge in [0.2, 0.25) is 0 Å². The maximum Gasteiger partial charge on any atom is 0.269 e. The lowest BCUT2D eigenvalue weighted by Gasteiger charge is -2.22. The fourth-order valence-corrected chi connectivity index (χ4v) is 1.36. The van der Waals surface area contributed by atoms with Crippen LogP contribution in [0.15, 0.2) is 18.3 Å². The molecule has 0 aliphatic rings. The lowest BCUT2D eigenvalue weighted by atomic mass is 9.90. The van der Waals surface area contributed by atoms with E-state index in [1.807, 2.05) is 0 Å². The van der Waals surface area contributed by atoms with Gasteiger partial charge in [0.05, 0.1) is 6.61 Å². The molecular weight excluding hydrogens is 252 g/mol. The van der Waals surface area contributed by atoms with Gasteiger partial charge in [0, 0.05) is 24.7 Å². The Morgan fingerprint density at radius 2 is 2.20 bits per heavy atom. The Bertz CT molecular complexity index is 495. The SMILES string of the molecule is CCC(C)(C)CNC(=O)c1ccc(C#CCCO)cn1. The van der Waals surface area contributed by atoms with Crippen molar-refractivity contribution in [3.63, 3.8) is 0 Å². The normalized spacial score (nSPS) is 10.6. The molecule has 1 aromatic heterocycles. The van der Waals surface area contributed by atoms with E-state index in [2.05, 4.69) is 42.9 Å². The van der Waals surface area contributed by atoms with E-state index < -0.39 is 0 Å². The second-order valence-corrected chi connectivity index (χ2v) is 5.41. The summed E-state index contributed by atoms with van der Waals surface area (Å²) in [4.78, 5) is 16.0. The van der Waals surface area contributed by atoms with E-state index in [9.17, 15) is 4.79 Å². The monoisotopic (exact) mass is 274 g/mol. The molecule has 0 spiro atoms. The average molecular weight is 274 g/mol. The number of amides is 1. The summed E-state index contributed by atoms with van der Waals surface area (Å²) in [5.41, 5.74) is 1.22. The Kier molecular flexibility index (Phi) is 6.20. The van der Waals surface area contributed by atoms with E-state index in [4.69, 9.17) is 5.11 Å². The van der Waals surface area contributed by atoms with E-state index in [1.54, 1.807) is 18.3 Å². The summed E-state index contributed by atoms with van der Waals surface area (Å²) in [7, 11) is 0. The molecule has 0 fully saturated rings. The maximum absolute atomic E-state index is 11.9. The van der Waals surface area contributed by atoms with Crippen molar-refractivity contribution in [2.45, 2.75) is 33.6 Å². The number of carbonyl (C=O) groups is 1. The third-order valence-electron chi connectivity index (χ3n) is 3.15. The summed E-state index contributed by atoms with van der Waals surface area (Å²) in [5, 5.41) is 11.5. The minimum absolute atomic E-state index is 0.0497. The molecule has 4 nitrogen and oxygen atoms in total. The summed E-state index contributed by atoms with van der Waals surface area (Å²) < 4.78 is 0. The fourth-order valence-electron chi connectivity index (χ4n) is 1.36. The summed E-state index contributed by atoms with van der Waals surface area (Å²) >= 11 is 0. The van der Waals surface area contributed by atoms with Crippen molar-refractivity contribution in [2.24, 2.45) is 5.41 Å². The fraction of sp³-hybridized carbons (Fsp3) is 0.500. The van der Waals surface area contributed by atoms with Gasteiger partial charge in [0.1, 0.15) is 5.69 Å². The highest BCUT2D eigenvalue weighted by molar-refractivity contribution is 5.92. The number of aliphatic hydroxyl groups excluding tert-OH is 1. The highest BCUT2D eigenvalue weighted by atomic mass is 16.2. The molecule has 0 aliphatic carbocycles. The van der Waals surface area contributed by atoms with E-state index in [0.717, 1.165) is 12.0 Å². The summed E-state index contributed by atoms with van der Waals surface area (Å²) in [6.07, 6.45) is 3.01. The molecule has 20 heavy (non-hydrogen) atoms. The van der Waals surface area contributed by atoms with E-state index in [1.165, 1.54) is 0 Å². The van der Waals surface area contributed by atoms with Crippen LogP contribution < -0.4 is 5.32 Å². The molecule has 0 saturated heterocycles. The molecule has 1 heterocycles. The lowest BCUT2D eigenvalue weighted by molar-refractivity contribution is 0.0930. The van der Waals surface area contributed by atoms with Crippen LogP contribution in [-0.2, 0) is 0 Å². The molecule has 1 rings (SSSR count). The molecule has 0 saturated carbocycles. The molecule has 1 aromatic rings. The summed E-state index contributed by atoms with van der Waals surface area (Å²) in [6.45, 7) is 7.00. The standard InChI is InChI=1S/C16H22N2O2/c1-4-16(2,3)12-18-15(20)14-9-8-13(11-17-14)7-5-6-10-19/h8-9,11,19H,4,6,10,12H2,1-3H3,(H,18,20). The Morgan fingerprint density at radius 3 is 2.75 bits per heavy atom. The lowest BCUT2D eigenvalue weighted by Crippen LogP contribution is -2.34. The zero-order valence-electron chi connectivity index (χ0n) is 12.4. The predicted molar refractivity (Wildman–Crippen MR) is 79.2 cm³/mol. The van der Waals surface area contributed by atoms with Crippen LogP contribution in [0.4, 0.5) is 0 Å². The molecule has 0 radical (unpaired) electrons. The van der Waals surface area contributed by atoms with Crippen molar-refractivity contribution in [2.75, 3.05) is 13.2 Å². The van der Waals surface area contributed by atoms with Crippen molar-refractivity contribution in [1.29, 1.82) is 0 Å². The van der Waals surface area contributed by atoms with Gasteiger partial charge < -0.3 is 10.4 Å².